The van der Waals surface area contributed by atoms with Crippen molar-refractivity contribution in [1.29, 1.82) is 0 Å². The number of sulfonamides is 1. The van der Waals surface area contributed by atoms with Gasteiger partial charge in [0.2, 0.25) is 10.0 Å². The van der Waals surface area contributed by atoms with Gasteiger partial charge in [0.05, 0.1) is 0 Å². The Morgan fingerprint density at radius 3 is 2.62 bits per heavy atom. The van der Waals surface area contributed by atoms with Crippen LogP contribution in [0.3, 0.4) is 0 Å². The van der Waals surface area contributed by atoms with Crippen molar-refractivity contribution in [3.8, 4) is 0 Å². The van der Waals surface area contributed by atoms with Gasteiger partial charge in [0.1, 0.15) is 9.77 Å². The molecule has 0 aromatic carbocycles. The molecule has 3 aliphatic heterocycles. The van der Waals surface area contributed by atoms with Crippen molar-refractivity contribution in [3.63, 3.8) is 0 Å². The predicted octanol–water partition coefficient (Wildman–Crippen LogP) is 2.28. The van der Waals surface area contributed by atoms with Crippen LogP contribution in [0.2, 0.25) is 0 Å². The lowest BCUT2D eigenvalue weighted by atomic mass is 9.99. The summed E-state index contributed by atoms with van der Waals surface area (Å²) in [6, 6.07) is 2.13. The Kier molecular flexibility index (Phi) is 5.36. The molecule has 3 fully saturated rings. The molecule has 0 bridgehead atoms. The SMILES string of the molecule is O=C(N[C@@H]1CCN2CCCC[C@H]12)c1sccc1S(=O)(=O)N1CCCCC1. The van der Waals surface area contributed by atoms with Crippen molar-refractivity contribution in [2.45, 2.75) is 61.9 Å². The van der Waals surface area contributed by atoms with Crippen LogP contribution >= 0.6 is 11.3 Å². The quantitative estimate of drug-likeness (QED) is 0.846. The third kappa shape index (κ3) is 3.44. The molecule has 2 atom stereocenters. The van der Waals surface area contributed by atoms with Gasteiger partial charge in [-0.15, -0.1) is 11.3 Å². The lowest BCUT2D eigenvalue weighted by molar-refractivity contribution is 0.0916. The van der Waals surface area contributed by atoms with Gasteiger partial charge in [0.15, 0.2) is 0 Å². The zero-order valence-electron chi connectivity index (χ0n) is 15.0. The molecule has 4 heterocycles. The molecular formula is C18H27N3O3S2. The van der Waals surface area contributed by atoms with E-state index in [9.17, 15) is 13.2 Å². The Hall–Kier alpha value is -0.960. The van der Waals surface area contributed by atoms with E-state index < -0.39 is 10.0 Å². The summed E-state index contributed by atoms with van der Waals surface area (Å²) in [6.07, 6.45) is 7.38. The van der Waals surface area contributed by atoms with Crippen LogP contribution in [0.5, 0.6) is 0 Å². The number of nitrogens with zero attached hydrogens (tertiary/aromatic N) is 2. The van der Waals surface area contributed by atoms with Gasteiger partial charge >= 0.3 is 0 Å². The molecule has 1 amide bonds. The van der Waals surface area contributed by atoms with E-state index in [2.05, 4.69) is 10.2 Å². The van der Waals surface area contributed by atoms with Gasteiger partial charge < -0.3 is 5.32 Å². The number of fused-ring (bicyclic) bond motifs is 1. The van der Waals surface area contributed by atoms with Crippen molar-refractivity contribution in [2.24, 2.45) is 0 Å². The fourth-order valence-corrected chi connectivity index (χ4v) is 7.38. The first-order chi connectivity index (χ1) is 12.6. The Morgan fingerprint density at radius 2 is 1.81 bits per heavy atom. The highest BCUT2D eigenvalue weighted by atomic mass is 32.2. The zero-order chi connectivity index (χ0) is 18.1. The second-order valence-corrected chi connectivity index (χ2v) is 10.4. The largest absolute Gasteiger partial charge is 0.347 e. The Balaban J connectivity index is 1.50. The third-order valence-electron chi connectivity index (χ3n) is 5.94. The fourth-order valence-electron chi connectivity index (χ4n) is 4.56. The third-order valence-corrected chi connectivity index (χ3v) is 8.92. The van der Waals surface area contributed by atoms with E-state index in [0.29, 0.717) is 24.0 Å². The number of nitrogens with one attached hydrogen (secondary N) is 1. The standard InChI is InChI=1S/C18H27N3O3S2/c22-18(19-14-7-12-20-9-5-2-6-15(14)20)17-16(8-13-25-17)26(23,24)21-10-3-1-4-11-21/h8,13-15H,1-7,9-12H2,(H,19,22)/t14-,15-/m1/s1. The zero-order valence-corrected chi connectivity index (χ0v) is 16.7. The van der Waals surface area contributed by atoms with E-state index >= 15 is 0 Å². The molecule has 4 rings (SSSR count). The summed E-state index contributed by atoms with van der Waals surface area (Å²) in [5.74, 6) is -0.229. The maximum absolute atomic E-state index is 13.0. The Bertz CT molecular complexity index is 755. The maximum Gasteiger partial charge on any atom is 0.263 e. The van der Waals surface area contributed by atoms with Crippen molar-refractivity contribution < 1.29 is 13.2 Å². The maximum atomic E-state index is 13.0. The Labute approximate surface area is 159 Å². The fraction of sp³-hybridized carbons (Fsp3) is 0.722. The van der Waals surface area contributed by atoms with E-state index in [0.717, 1.165) is 45.2 Å². The van der Waals surface area contributed by atoms with Crippen LogP contribution in [0.15, 0.2) is 16.3 Å². The first kappa shape index (κ1) is 18.4. The van der Waals surface area contributed by atoms with Crippen molar-refractivity contribution in [3.05, 3.63) is 16.3 Å². The van der Waals surface area contributed by atoms with Crippen LogP contribution < -0.4 is 5.32 Å². The lowest BCUT2D eigenvalue weighted by Crippen LogP contribution is -2.47. The van der Waals surface area contributed by atoms with E-state index in [1.807, 2.05) is 0 Å². The monoisotopic (exact) mass is 397 g/mol. The van der Waals surface area contributed by atoms with Crippen LogP contribution in [0.4, 0.5) is 0 Å². The van der Waals surface area contributed by atoms with Crippen LogP contribution in [-0.2, 0) is 10.0 Å². The number of carbonyl (C=O) groups excluding carboxylic acids is 1. The number of thiophene rings is 1. The molecule has 0 aliphatic carbocycles. The number of hydrogen-bond donors (Lipinski definition) is 1. The van der Waals surface area contributed by atoms with E-state index in [1.165, 1.54) is 28.5 Å². The molecule has 3 saturated heterocycles. The number of carbonyl (C=O) groups is 1. The molecule has 3 aliphatic rings. The normalized spacial score (nSPS) is 28.0. The molecule has 6 nitrogen and oxygen atoms in total. The molecule has 144 valence electrons. The summed E-state index contributed by atoms with van der Waals surface area (Å²) < 4.78 is 27.5. The minimum Gasteiger partial charge on any atom is -0.347 e. The van der Waals surface area contributed by atoms with Crippen LogP contribution in [0.25, 0.3) is 0 Å². The summed E-state index contributed by atoms with van der Waals surface area (Å²) in [4.78, 5) is 15.9. The van der Waals surface area contributed by atoms with Gasteiger partial charge in [-0.25, -0.2) is 8.42 Å². The summed E-state index contributed by atoms with van der Waals surface area (Å²) in [6.45, 7) is 3.25. The van der Waals surface area contributed by atoms with Crippen LogP contribution in [0.1, 0.15) is 54.6 Å². The van der Waals surface area contributed by atoms with Gasteiger partial charge in [0, 0.05) is 31.7 Å². The van der Waals surface area contributed by atoms with Crippen molar-refractivity contribution in [2.75, 3.05) is 26.2 Å². The molecule has 26 heavy (non-hydrogen) atoms. The van der Waals surface area contributed by atoms with Crippen LogP contribution in [-0.4, -0.2) is 61.8 Å². The highest BCUT2D eigenvalue weighted by molar-refractivity contribution is 7.89. The average molecular weight is 398 g/mol. The Morgan fingerprint density at radius 1 is 1.04 bits per heavy atom. The van der Waals surface area contributed by atoms with Crippen LogP contribution in [0, 0.1) is 0 Å². The van der Waals surface area contributed by atoms with E-state index in [-0.39, 0.29) is 16.8 Å². The molecule has 1 aromatic rings. The highest BCUT2D eigenvalue weighted by Gasteiger charge is 2.37. The van der Waals surface area contributed by atoms with Gasteiger partial charge in [-0.2, -0.15) is 4.31 Å². The van der Waals surface area contributed by atoms with Gasteiger partial charge in [-0.3, -0.25) is 9.69 Å². The molecule has 0 radical (unpaired) electrons. The topological polar surface area (TPSA) is 69.7 Å². The smallest absolute Gasteiger partial charge is 0.263 e. The second kappa shape index (κ2) is 7.58. The predicted molar refractivity (Wildman–Crippen MR) is 102 cm³/mol. The molecule has 1 aromatic heterocycles. The van der Waals surface area contributed by atoms with Gasteiger partial charge in [-0.05, 0) is 50.1 Å². The van der Waals surface area contributed by atoms with E-state index in [4.69, 9.17) is 0 Å². The van der Waals surface area contributed by atoms with E-state index in [1.54, 1.807) is 11.4 Å². The summed E-state index contributed by atoms with van der Waals surface area (Å²) >= 11 is 1.23. The first-order valence-electron chi connectivity index (χ1n) is 9.70. The molecule has 0 unspecified atom stereocenters. The number of amides is 1. The lowest BCUT2D eigenvalue weighted by Gasteiger charge is -2.32. The van der Waals surface area contributed by atoms with Gasteiger partial charge in [0.25, 0.3) is 5.91 Å². The molecule has 0 saturated carbocycles. The summed E-state index contributed by atoms with van der Waals surface area (Å²) in [5, 5.41) is 4.86. The molecule has 0 spiro atoms. The summed E-state index contributed by atoms with van der Waals surface area (Å²) in [5.41, 5.74) is 0. The molecular weight excluding hydrogens is 370 g/mol. The number of piperidine rings is 2. The van der Waals surface area contributed by atoms with Crippen molar-refractivity contribution in [1.82, 2.24) is 14.5 Å². The van der Waals surface area contributed by atoms with Crippen molar-refractivity contribution >= 4 is 27.3 Å². The number of hydrogen-bond acceptors (Lipinski definition) is 5. The number of rotatable bonds is 4. The highest BCUT2D eigenvalue weighted by Crippen LogP contribution is 2.30. The first-order valence-corrected chi connectivity index (χ1v) is 12.0. The summed E-state index contributed by atoms with van der Waals surface area (Å²) in [7, 11) is -3.58. The molecule has 1 N–H and O–H groups in total. The average Bonchev–Trinajstić information content (AvgIpc) is 3.30. The minimum absolute atomic E-state index is 0.135. The minimum atomic E-state index is -3.58. The second-order valence-electron chi connectivity index (χ2n) is 7.55. The molecule has 8 heteroatoms. The van der Waals surface area contributed by atoms with Gasteiger partial charge in [-0.1, -0.05) is 12.8 Å².